The third-order valence-electron chi connectivity index (χ3n) is 2.41. The lowest BCUT2D eigenvalue weighted by Crippen LogP contribution is -1.99. The molecule has 0 bridgehead atoms. The summed E-state index contributed by atoms with van der Waals surface area (Å²) in [5, 5.41) is 9.88. The maximum atomic E-state index is 10.9. The molecule has 0 fully saturated rings. The minimum atomic E-state index is -1.06. The summed E-state index contributed by atoms with van der Waals surface area (Å²) < 4.78 is 1.62. The van der Waals surface area contributed by atoms with Gasteiger partial charge in [-0.25, -0.2) is 14.8 Å². The van der Waals surface area contributed by atoms with Gasteiger partial charge >= 0.3 is 5.97 Å². The maximum absolute atomic E-state index is 10.9. The molecule has 1 N–H and O–H groups in total. The van der Waals surface area contributed by atoms with Gasteiger partial charge in [0, 0.05) is 11.6 Å². The number of para-hydroxylation sites is 1. The third kappa shape index (κ3) is 1.15. The van der Waals surface area contributed by atoms with E-state index in [1.807, 2.05) is 30.5 Å². The fourth-order valence-electron chi connectivity index (χ4n) is 1.67. The topological polar surface area (TPSA) is 67.5 Å². The van der Waals surface area contributed by atoms with Crippen molar-refractivity contribution in [3.63, 3.8) is 0 Å². The van der Waals surface area contributed by atoms with Gasteiger partial charge in [0.1, 0.15) is 6.33 Å². The largest absolute Gasteiger partial charge is 0.476 e. The van der Waals surface area contributed by atoms with Crippen LogP contribution in [0.3, 0.4) is 0 Å². The maximum Gasteiger partial charge on any atom is 0.358 e. The molecule has 3 rings (SSSR count). The first kappa shape index (κ1) is 8.84. The van der Waals surface area contributed by atoms with Crippen LogP contribution in [0.5, 0.6) is 0 Å². The Morgan fingerprint density at radius 1 is 1.31 bits per heavy atom. The fraction of sp³-hybridized carbons (Fsp3) is 0. The second-order valence-corrected chi connectivity index (χ2v) is 3.43. The average molecular weight is 213 g/mol. The molecular weight excluding hydrogens is 206 g/mol. The van der Waals surface area contributed by atoms with Gasteiger partial charge in [-0.3, -0.25) is 4.40 Å². The molecule has 0 spiro atoms. The number of carbonyl (C=O) groups is 1. The molecule has 78 valence electrons. The predicted octanol–water partition coefficient (Wildman–Crippen LogP) is 1.58. The second kappa shape index (κ2) is 3.03. The lowest BCUT2D eigenvalue weighted by atomic mass is 10.2. The first-order valence-corrected chi connectivity index (χ1v) is 4.71. The molecule has 0 saturated heterocycles. The highest BCUT2D eigenvalue weighted by Gasteiger charge is 2.13. The minimum absolute atomic E-state index is 0.0225. The van der Waals surface area contributed by atoms with E-state index in [2.05, 4.69) is 9.97 Å². The van der Waals surface area contributed by atoms with E-state index in [1.165, 1.54) is 6.33 Å². The van der Waals surface area contributed by atoms with Crippen molar-refractivity contribution < 1.29 is 9.90 Å². The Kier molecular flexibility index (Phi) is 1.67. The minimum Gasteiger partial charge on any atom is -0.476 e. The summed E-state index contributed by atoms with van der Waals surface area (Å²) in [6.45, 7) is 0. The number of benzene rings is 1. The molecule has 2 heterocycles. The molecule has 5 nitrogen and oxygen atoms in total. The molecule has 0 amide bonds. The van der Waals surface area contributed by atoms with Crippen LogP contribution in [0, 0.1) is 0 Å². The monoisotopic (exact) mass is 213 g/mol. The molecule has 0 aliphatic rings. The van der Waals surface area contributed by atoms with Crippen LogP contribution in [0.2, 0.25) is 0 Å². The van der Waals surface area contributed by atoms with Crippen LogP contribution in [-0.2, 0) is 0 Å². The van der Waals surface area contributed by atoms with Crippen molar-refractivity contribution in [2.24, 2.45) is 0 Å². The quantitative estimate of drug-likeness (QED) is 0.666. The molecule has 0 unspecified atom stereocenters. The number of nitrogens with zero attached hydrogens (tertiary/aromatic N) is 3. The molecular formula is C11H7N3O2. The number of aromatic carboxylic acids is 1. The Morgan fingerprint density at radius 2 is 2.12 bits per heavy atom. The third-order valence-corrected chi connectivity index (χ3v) is 2.41. The van der Waals surface area contributed by atoms with E-state index in [-0.39, 0.29) is 5.69 Å². The number of carboxylic acid groups (broad SMARTS) is 1. The van der Waals surface area contributed by atoms with Crippen LogP contribution in [0.1, 0.15) is 10.5 Å². The van der Waals surface area contributed by atoms with E-state index in [0.29, 0.717) is 5.65 Å². The first-order chi connectivity index (χ1) is 7.75. The van der Waals surface area contributed by atoms with Crippen molar-refractivity contribution >= 4 is 22.5 Å². The van der Waals surface area contributed by atoms with Crippen LogP contribution < -0.4 is 0 Å². The molecule has 0 atom stereocenters. The summed E-state index contributed by atoms with van der Waals surface area (Å²) in [5.41, 5.74) is 1.11. The zero-order valence-electron chi connectivity index (χ0n) is 8.16. The van der Waals surface area contributed by atoms with Gasteiger partial charge in [-0.2, -0.15) is 0 Å². The highest BCUT2D eigenvalue weighted by atomic mass is 16.4. The number of hydrogen-bond donors (Lipinski definition) is 1. The summed E-state index contributed by atoms with van der Waals surface area (Å²) in [5.74, 6) is -1.06. The standard InChI is InChI=1S/C11H7N3O2/c15-11(16)9-10-13-8-4-2-1-3-7(8)5-14(10)6-12-9/h1-6H,(H,15,16). The van der Waals surface area contributed by atoms with E-state index in [9.17, 15) is 4.79 Å². The second-order valence-electron chi connectivity index (χ2n) is 3.43. The van der Waals surface area contributed by atoms with Crippen molar-refractivity contribution in [2.75, 3.05) is 0 Å². The molecule has 0 aliphatic carbocycles. The summed E-state index contributed by atoms with van der Waals surface area (Å²) >= 11 is 0. The number of hydrogen-bond acceptors (Lipinski definition) is 3. The SMILES string of the molecule is O=C(O)c1ncn2cc3ccccc3nc12. The number of imidazole rings is 1. The number of carboxylic acids is 1. The van der Waals surface area contributed by atoms with Crippen molar-refractivity contribution in [3.8, 4) is 0 Å². The number of aromatic nitrogens is 3. The Balaban J connectivity index is 2.45. The lowest BCUT2D eigenvalue weighted by molar-refractivity contribution is 0.0693. The zero-order valence-corrected chi connectivity index (χ0v) is 8.16. The summed E-state index contributed by atoms with van der Waals surface area (Å²) in [4.78, 5) is 19.0. The van der Waals surface area contributed by atoms with Gasteiger partial charge < -0.3 is 5.11 Å². The summed E-state index contributed by atoms with van der Waals surface area (Å²) in [6.07, 6.45) is 3.27. The van der Waals surface area contributed by atoms with Gasteiger partial charge in [0.2, 0.25) is 0 Å². The Morgan fingerprint density at radius 3 is 2.94 bits per heavy atom. The lowest BCUT2D eigenvalue weighted by Gasteiger charge is -1.98. The Bertz CT molecular complexity index is 703. The van der Waals surface area contributed by atoms with E-state index in [4.69, 9.17) is 5.11 Å². The van der Waals surface area contributed by atoms with E-state index in [1.54, 1.807) is 4.40 Å². The summed E-state index contributed by atoms with van der Waals surface area (Å²) in [6, 6.07) is 7.53. The first-order valence-electron chi connectivity index (χ1n) is 4.71. The Hall–Kier alpha value is -2.43. The van der Waals surface area contributed by atoms with Crippen LogP contribution in [0.15, 0.2) is 36.8 Å². The van der Waals surface area contributed by atoms with Crippen molar-refractivity contribution in [2.45, 2.75) is 0 Å². The molecule has 0 saturated carbocycles. The van der Waals surface area contributed by atoms with Crippen molar-refractivity contribution in [1.82, 2.24) is 14.4 Å². The average Bonchev–Trinajstić information content (AvgIpc) is 2.68. The number of fused-ring (bicyclic) bond motifs is 2. The zero-order chi connectivity index (χ0) is 11.1. The molecule has 5 heteroatoms. The highest BCUT2D eigenvalue weighted by molar-refractivity contribution is 5.93. The molecule has 2 aromatic heterocycles. The van der Waals surface area contributed by atoms with Crippen molar-refractivity contribution in [1.29, 1.82) is 0 Å². The molecule has 16 heavy (non-hydrogen) atoms. The van der Waals surface area contributed by atoms with Gasteiger partial charge in [-0.15, -0.1) is 0 Å². The smallest absolute Gasteiger partial charge is 0.358 e. The van der Waals surface area contributed by atoms with Crippen LogP contribution in [0.4, 0.5) is 0 Å². The van der Waals surface area contributed by atoms with E-state index in [0.717, 1.165) is 10.9 Å². The van der Waals surface area contributed by atoms with E-state index >= 15 is 0 Å². The highest BCUT2D eigenvalue weighted by Crippen LogP contribution is 2.14. The predicted molar refractivity (Wildman–Crippen MR) is 57.5 cm³/mol. The van der Waals surface area contributed by atoms with Gasteiger partial charge in [-0.1, -0.05) is 18.2 Å². The van der Waals surface area contributed by atoms with Gasteiger partial charge in [0.25, 0.3) is 0 Å². The molecule has 0 radical (unpaired) electrons. The number of rotatable bonds is 1. The van der Waals surface area contributed by atoms with Crippen LogP contribution in [-0.4, -0.2) is 25.4 Å². The van der Waals surface area contributed by atoms with Gasteiger partial charge in [0.15, 0.2) is 11.3 Å². The Labute approximate surface area is 90.0 Å². The van der Waals surface area contributed by atoms with E-state index < -0.39 is 5.97 Å². The summed E-state index contributed by atoms with van der Waals surface area (Å²) in [7, 11) is 0. The van der Waals surface area contributed by atoms with Gasteiger partial charge in [0.05, 0.1) is 5.52 Å². The normalized spacial score (nSPS) is 11.0. The van der Waals surface area contributed by atoms with Crippen molar-refractivity contribution in [3.05, 3.63) is 42.5 Å². The fourth-order valence-corrected chi connectivity index (χ4v) is 1.67. The molecule has 3 aromatic rings. The molecule has 1 aromatic carbocycles. The molecule has 0 aliphatic heterocycles. The van der Waals surface area contributed by atoms with Gasteiger partial charge in [-0.05, 0) is 6.07 Å². The van der Waals surface area contributed by atoms with Crippen LogP contribution in [0.25, 0.3) is 16.6 Å². The van der Waals surface area contributed by atoms with Crippen LogP contribution >= 0.6 is 0 Å².